The first kappa shape index (κ1) is 14.6. The summed E-state index contributed by atoms with van der Waals surface area (Å²) in [5, 5.41) is 17.8. The van der Waals surface area contributed by atoms with Crippen LogP contribution in [0.4, 0.5) is 0 Å². The number of allylic oxidation sites excluding steroid dienone is 2. The number of nitrogens with zero attached hydrogens (tertiary/aromatic N) is 1. The van der Waals surface area contributed by atoms with Crippen LogP contribution in [0.25, 0.3) is 5.57 Å². The van der Waals surface area contributed by atoms with E-state index in [1.54, 1.807) is 24.3 Å². The maximum Gasteiger partial charge on any atom is 0.336 e. The minimum Gasteiger partial charge on any atom is -0.478 e. The number of rotatable bonds is 4. The molecule has 1 unspecified atom stereocenters. The maximum atomic E-state index is 11.1. The fourth-order valence-electron chi connectivity index (χ4n) is 2.18. The summed E-state index contributed by atoms with van der Waals surface area (Å²) < 4.78 is 0. The third kappa shape index (κ3) is 3.39. The van der Waals surface area contributed by atoms with Gasteiger partial charge in [0.25, 0.3) is 0 Å². The number of aliphatic carboxylic acids is 2. The quantitative estimate of drug-likeness (QED) is 0.830. The van der Waals surface area contributed by atoms with Crippen molar-refractivity contribution in [3.05, 3.63) is 65.9 Å². The van der Waals surface area contributed by atoms with Crippen molar-refractivity contribution < 1.29 is 19.8 Å². The van der Waals surface area contributed by atoms with Crippen LogP contribution in [-0.4, -0.2) is 34.1 Å². The van der Waals surface area contributed by atoms with Crippen molar-refractivity contribution in [1.82, 2.24) is 4.90 Å². The number of likely N-dealkylation sites (N-methyl/N-ethyl adjacent to an activating group) is 1. The second kappa shape index (κ2) is 6.09. The molecule has 21 heavy (non-hydrogen) atoms. The minimum absolute atomic E-state index is 0.0841. The van der Waals surface area contributed by atoms with Gasteiger partial charge in [-0.1, -0.05) is 36.4 Å². The van der Waals surface area contributed by atoms with Crippen LogP contribution in [-0.2, 0) is 9.59 Å². The van der Waals surface area contributed by atoms with Crippen molar-refractivity contribution in [2.75, 3.05) is 7.05 Å². The lowest BCUT2D eigenvalue weighted by atomic mass is 9.99. The summed E-state index contributed by atoms with van der Waals surface area (Å²) in [4.78, 5) is 23.8. The second-order valence-corrected chi connectivity index (χ2v) is 4.66. The molecule has 1 heterocycles. The maximum absolute atomic E-state index is 11.1. The molecule has 1 aromatic carbocycles. The molecule has 1 aliphatic rings. The van der Waals surface area contributed by atoms with Crippen LogP contribution in [0.15, 0.2) is 54.8 Å². The summed E-state index contributed by atoms with van der Waals surface area (Å²) in [6, 6.07) is 6.94. The highest BCUT2D eigenvalue weighted by molar-refractivity contribution is 6.19. The summed E-state index contributed by atoms with van der Waals surface area (Å²) in [6.45, 7) is 0. The average molecular weight is 285 g/mol. The molecule has 2 rings (SSSR count). The van der Waals surface area contributed by atoms with Crippen LogP contribution in [0.1, 0.15) is 17.2 Å². The Hall–Kier alpha value is -2.82. The highest BCUT2D eigenvalue weighted by Crippen LogP contribution is 2.25. The SMILES string of the molecule is CN1C=CC=CC1c1ccc(/C(=C/C(=O)O)C(=O)O)cc1. The molecule has 0 aromatic heterocycles. The Morgan fingerprint density at radius 3 is 2.33 bits per heavy atom. The highest BCUT2D eigenvalue weighted by Gasteiger charge is 2.15. The summed E-state index contributed by atoms with van der Waals surface area (Å²) in [6.07, 6.45) is 8.56. The van der Waals surface area contributed by atoms with Gasteiger partial charge in [-0.25, -0.2) is 9.59 Å². The molecule has 0 saturated carbocycles. The van der Waals surface area contributed by atoms with Crippen molar-refractivity contribution >= 4 is 17.5 Å². The lowest BCUT2D eigenvalue weighted by molar-refractivity contribution is -0.133. The molecule has 1 aliphatic heterocycles. The predicted octanol–water partition coefficient (Wildman–Crippen LogP) is 2.30. The molecule has 0 amide bonds. The fraction of sp³-hybridized carbons (Fsp3) is 0.125. The Bertz CT molecular complexity index is 641. The smallest absolute Gasteiger partial charge is 0.336 e. The topological polar surface area (TPSA) is 77.8 Å². The van der Waals surface area contributed by atoms with Crippen molar-refractivity contribution in [3.63, 3.8) is 0 Å². The second-order valence-electron chi connectivity index (χ2n) is 4.66. The van der Waals surface area contributed by atoms with E-state index in [1.807, 2.05) is 36.4 Å². The van der Waals surface area contributed by atoms with E-state index < -0.39 is 11.9 Å². The van der Waals surface area contributed by atoms with Crippen LogP contribution >= 0.6 is 0 Å². The molecular formula is C16H15NO4. The number of carboxylic acids is 2. The van der Waals surface area contributed by atoms with Gasteiger partial charge in [-0.15, -0.1) is 0 Å². The number of carbonyl (C=O) groups is 2. The first-order chi connectivity index (χ1) is 9.99. The van der Waals surface area contributed by atoms with Gasteiger partial charge in [-0.05, 0) is 23.4 Å². The van der Waals surface area contributed by atoms with Gasteiger partial charge in [-0.3, -0.25) is 0 Å². The van der Waals surface area contributed by atoms with E-state index in [0.717, 1.165) is 5.56 Å². The monoisotopic (exact) mass is 285 g/mol. The van der Waals surface area contributed by atoms with Gasteiger partial charge in [0, 0.05) is 13.1 Å². The van der Waals surface area contributed by atoms with Crippen LogP contribution < -0.4 is 0 Å². The molecule has 0 radical (unpaired) electrons. The molecule has 5 nitrogen and oxygen atoms in total. The molecule has 0 bridgehead atoms. The zero-order valence-electron chi connectivity index (χ0n) is 11.4. The molecule has 1 aromatic rings. The zero-order chi connectivity index (χ0) is 15.4. The van der Waals surface area contributed by atoms with Crippen molar-refractivity contribution in [1.29, 1.82) is 0 Å². The Labute approximate surface area is 122 Å². The normalized spacial score (nSPS) is 17.9. The molecule has 108 valence electrons. The van der Waals surface area contributed by atoms with Gasteiger partial charge >= 0.3 is 11.9 Å². The van der Waals surface area contributed by atoms with Crippen LogP contribution in [0, 0.1) is 0 Å². The Morgan fingerprint density at radius 1 is 1.14 bits per heavy atom. The molecular weight excluding hydrogens is 270 g/mol. The van der Waals surface area contributed by atoms with Gasteiger partial charge in [-0.2, -0.15) is 0 Å². The van der Waals surface area contributed by atoms with Crippen LogP contribution in [0.3, 0.4) is 0 Å². The number of hydrogen-bond donors (Lipinski definition) is 2. The van der Waals surface area contributed by atoms with E-state index in [-0.39, 0.29) is 11.6 Å². The summed E-state index contributed by atoms with van der Waals surface area (Å²) in [5.74, 6) is -2.54. The van der Waals surface area contributed by atoms with E-state index in [2.05, 4.69) is 0 Å². The van der Waals surface area contributed by atoms with Crippen molar-refractivity contribution in [2.45, 2.75) is 6.04 Å². The van der Waals surface area contributed by atoms with E-state index in [0.29, 0.717) is 11.6 Å². The first-order valence-electron chi connectivity index (χ1n) is 6.34. The van der Waals surface area contributed by atoms with Gasteiger partial charge < -0.3 is 15.1 Å². The molecule has 0 saturated heterocycles. The number of carboxylic acid groups (broad SMARTS) is 2. The van der Waals surface area contributed by atoms with Gasteiger partial charge in [0.05, 0.1) is 11.6 Å². The number of hydrogen-bond acceptors (Lipinski definition) is 3. The lowest BCUT2D eigenvalue weighted by Gasteiger charge is -2.26. The first-order valence-corrected chi connectivity index (χ1v) is 6.34. The van der Waals surface area contributed by atoms with Crippen LogP contribution in [0.5, 0.6) is 0 Å². The van der Waals surface area contributed by atoms with Gasteiger partial charge in [0.2, 0.25) is 0 Å². The third-order valence-corrected chi connectivity index (χ3v) is 3.23. The Morgan fingerprint density at radius 2 is 1.81 bits per heavy atom. The van der Waals surface area contributed by atoms with E-state index in [9.17, 15) is 9.59 Å². The minimum atomic E-state index is -1.28. The molecule has 1 atom stereocenters. The summed E-state index contributed by atoms with van der Waals surface area (Å²) in [7, 11) is 1.95. The largest absolute Gasteiger partial charge is 0.478 e. The summed E-state index contributed by atoms with van der Waals surface area (Å²) >= 11 is 0. The Balaban J connectivity index is 2.30. The predicted molar refractivity (Wildman–Crippen MR) is 78.5 cm³/mol. The van der Waals surface area contributed by atoms with Crippen molar-refractivity contribution in [2.24, 2.45) is 0 Å². The van der Waals surface area contributed by atoms with Gasteiger partial charge in [0.15, 0.2) is 0 Å². The molecule has 0 fully saturated rings. The van der Waals surface area contributed by atoms with Gasteiger partial charge in [0.1, 0.15) is 0 Å². The molecule has 2 N–H and O–H groups in total. The zero-order valence-corrected chi connectivity index (χ0v) is 11.4. The van der Waals surface area contributed by atoms with Crippen LogP contribution in [0.2, 0.25) is 0 Å². The van der Waals surface area contributed by atoms with E-state index in [4.69, 9.17) is 10.2 Å². The third-order valence-electron chi connectivity index (χ3n) is 3.23. The number of benzene rings is 1. The average Bonchev–Trinajstić information content (AvgIpc) is 2.45. The fourth-order valence-corrected chi connectivity index (χ4v) is 2.18. The van der Waals surface area contributed by atoms with E-state index in [1.165, 1.54) is 0 Å². The molecule has 5 heteroatoms. The van der Waals surface area contributed by atoms with Crippen molar-refractivity contribution in [3.8, 4) is 0 Å². The highest BCUT2D eigenvalue weighted by atomic mass is 16.4. The standard InChI is InChI=1S/C16H15NO4/c1-17-9-3-2-4-14(17)12-7-5-11(6-8-12)13(16(20)21)10-15(18)19/h2-10,14H,1H3,(H,18,19)(H,20,21)/b13-10-. The Kier molecular flexibility index (Phi) is 4.23. The lowest BCUT2D eigenvalue weighted by Crippen LogP contribution is -2.18. The molecule has 0 aliphatic carbocycles. The van der Waals surface area contributed by atoms with E-state index >= 15 is 0 Å². The molecule has 0 spiro atoms. The summed E-state index contributed by atoms with van der Waals surface area (Å²) in [5.41, 5.74) is 1.13.